The minimum absolute atomic E-state index is 0.221. The van der Waals surface area contributed by atoms with Gasteiger partial charge in [-0.2, -0.15) is 13.2 Å². The molecule has 1 N–H and O–H groups in total. The normalized spacial score (nSPS) is 13.4. The van der Waals surface area contributed by atoms with Gasteiger partial charge in [-0.3, -0.25) is 9.71 Å². The highest BCUT2D eigenvalue weighted by Crippen LogP contribution is 2.31. The van der Waals surface area contributed by atoms with Gasteiger partial charge in [0.25, 0.3) is 10.0 Å². The van der Waals surface area contributed by atoms with Crippen LogP contribution >= 0.6 is 0 Å². The summed E-state index contributed by atoms with van der Waals surface area (Å²) in [5.41, 5.74) is 2.78. The summed E-state index contributed by atoms with van der Waals surface area (Å²) in [6.07, 6.45) is -3.85. The first kappa shape index (κ1) is 24.6. The number of fused-ring (bicyclic) bond motifs is 1. The molecule has 0 saturated carbocycles. The summed E-state index contributed by atoms with van der Waals surface area (Å²) in [6, 6.07) is 25.5. The standard InChI is InChI=1S/C28H21F3N2O3S/c29-28(30,31)21-5-4-8-25(17-21)37(34,35)33-22-12-9-20(10-13-22)27-26-18-24(14-11-19(26)15-16-32-27)36-23-6-2-1-3-7-23/h1-14,17-18,33H,15-16H2. The molecule has 4 aromatic rings. The first-order valence-electron chi connectivity index (χ1n) is 11.4. The van der Waals surface area contributed by atoms with Gasteiger partial charge in [0.2, 0.25) is 0 Å². The zero-order valence-electron chi connectivity index (χ0n) is 19.4. The third-order valence-electron chi connectivity index (χ3n) is 5.85. The topological polar surface area (TPSA) is 67.8 Å². The van der Waals surface area contributed by atoms with Gasteiger partial charge in [0.05, 0.1) is 16.2 Å². The molecule has 1 aliphatic heterocycles. The number of anilines is 1. The highest BCUT2D eigenvalue weighted by Gasteiger charge is 2.31. The SMILES string of the molecule is O=S(=O)(Nc1ccc(C2=NCCc3ccc(Oc4ccccc4)cc32)cc1)c1cccc(C(F)(F)F)c1. The van der Waals surface area contributed by atoms with E-state index in [9.17, 15) is 21.6 Å². The molecule has 0 atom stereocenters. The summed E-state index contributed by atoms with van der Waals surface area (Å²) in [5.74, 6) is 1.39. The molecule has 1 aliphatic rings. The second-order valence-electron chi connectivity index (χ2n) is 8.42. The molecular formula is C28H21F3N2O3S. The van der Waals surface area contributed by atoms with Gasteiger partial charge in [-0.1, -0.05) is 42.5 Å². The molecule has 0 fully saturated rings. The number of para-hydroxylation sites is 1. The van der Waals surface area contributed by atoms with Gasteiger partial charge in [-0.25, -0.2) is 8.42 Å². The fourth-order valence-electron chi connectivity index (χ4n) is 4.05. The first-order chi connectivity index (χ1) is 17.7. The number of nitrogens with zero attached hydrogens (tertiary/aromatic N) is 1. The van der Waals surface area contributed by atoms with Gasteiger partial charge in [0.1, 0.15) is 11.5 Å². The molecule has 0 aliphatic carbocycles. The predicted octanol–water partition coefficient (Wildman–Crippen LogP) is 6.69. The van der Waals surface area contributed by atoms with E-state index in [2.05, 4.69) is 9.71 Å². The highest BCUT2D eigenvalue weighted by atomic mass is 32.2. The van der Waals surface area contributed by atoms with Crippen LogP contribution in [-0.4, -0.2) is 20.7 Å². The van der Waals surface area contributed by atoms with Crippen LogP contribution in [0.3, 0.4) is 0 Å². The lowest BCUT2D eigenvalue weighted by atomic mass is 9.93. The van der Waals surface area contributed by atoms with Gasteiger partial charge in [-0.05, 0) is 66.6 Å². The Morgan fingerprint density at radius 3 is 2.30 bits per heavy atom. The Labute approximate surface area is 212 Å². The number of alkyl halides is 3. The van der Waals surface area contributed by atoms with Crippen LogP contribution in [0.15, 0.2) is 107 Å². The Morgan fingerprint density at radius 1 is 0.811 bits per heavy atom. The Hall–Kier alpha value is -4.11. The molecule has 0 unspecified atom stereocenters. The monoisotopic (exact) mass is 522 g/mol. The van der Waals surface area contributed by atoms with Crippen LogP contribution in [0.2, 0.25) is 0 Å². The van der Waals surface area contributed by atoms with Gasteiger partial charge < -0.3 is 4.74 Å². The largest absolute Gasteiger partial charge is 0.457 e. The van der Waals surface area contributed by atoms with E-state index in [0.29, 0.717) is 24.1 Å². The molecule has 9 heteroatoms. The molecular weight excluding hydrogens is 501 g/mol. The number of sulfonamides is 1. The van der Waals surface area contributed by atoms with Crippen molar-refractivity contribution in [1.82, 2.24) is 0 Å². The number of hydrogen-bond donors (Lipinski definition) is 1. The fourth-order valence-corrected chi connectivity index (χ4v) is 5.16. The second-order valence-corrected chi connectivity index (χ2v) is 10.1. The molecule has 0 bridgehead atoms. The van der Waals surface area contributed by atoms with Crippen molar-refractivity contribution in [2.75, 3.05) is 11.3 Å². The molecule has 0 saturated heterocycles. The van der Waals surface area contributed by atoms with Crippen molar-refractivity contribution in [3.05, 3.63) is 119 Å². The Bertz CT molecular complexity index is 1570. The highest BCUT2D eigenvalue weighted by molar-refractivity contribution is 7.92. The lowest BCUT2D eigenvalue weighted by Crippen LogP contribution is -2.16. The Morgan fingerprint density at radius 2 is 1.57 bits per heavy atom. The molecule has 4 aromatic carbocycles. The number of hydrogen-bond acceptors (Lipinski definition) is 4. The van der Waals surface area contributed by atoms with Crippen molar-refractivity contribution in [3.8, 4) is 11.5 Å². The Kier molecular flexibility index (Phi) is 6.47. The number of aliphatic imine (C=N–C) groups is 1. The summed E-state index contributed by atoms with van der Waals surface area (Å²) in [6.45, 7) is 0.616. The average Bonchev–Trinajstić information content (AvgIpc) is 2.89. The van der Waals surface area contributed by atoms with Gasteiger partial charge in [0, 0.05) is 23.4 Å². The smallest absolute Gasteiger partial charge is 0.416 e. The maximum absolute atomic E-state index is 13.0. The lowest BCUT2D eigenvalue weighted by molar-refractivity contribution is -0.137. The number of benzene rings is 4. The summed E-state index contributed by atoms with van der Waals surface area (Å²) < 4.78 is 72.7. The van der Waals surface area contributed by atoms with E-state index in [1.54, 1.807) is 24.3 Å². The number of halogens is 3. The number of rotatable bonds is 6. The molecule has 5 rings (SSSR count). The third-order valence-corrected chi connectivity index (χ3v) is 7.23. The predicted molar refractivity (Wildman–Crippen MR) is 136 cm³/mol. The van der Waals surface area contributed by atoms with Crippen LogP contribution in [0.4, 0.5) is 18.9 Å². The quantitative estimate of drug-likeness (QED) is 0.307. The fraction of sp³-hybridized carbons (Fsp3) is 0.107. The molecule has 0 radical (unpaired) electrons. The van der Waals surface area contributed by atoms with Crippen molar-refractivity contribution in [3.63, 3.8) is 0 Å². The molecule has 1 heterocycles. The Balaban J connectivity index is 1.37. The van der Waals surface area contributed by atoms with E-state index in [0.717, 1.165) is 47.0 Å². The number of nitrogens with one attached hydrogen (secondary N) is 1. The van der Waals surface area contributed by atoms with E-state index in [4.69, 9.17) is 4.74 Å². The summed E-state index contributed by atoms with van der Waals surface area (Å²) in [4.78, 5) is 4.22. The third kappa shape index (κ3) is 5.51. The summed E-state index contributed by atoms with van der Waals surface area (Å²) >= 11 is 0. The van der Waals surface area contributed by atoms with Crippen molar-refractivity contribution in [2.24, 2.45) is 4.99 Å². The zero-order chi connectivity index (χ0) is 26.0. The van der Waals surface area contributed by atoms with E-state index in [1.807, 2.05) is 48.5 Å². The lowest BCUT2D eigenvalue weighted by Gasteiger charge is -2.19. The van der Waals surface area contributed by atoms with Crippen LogP contribution in [0.5, 0.6) is 11.5 Å². The minimum atomic E-state index is -4.64. The molecule has 188 valence electrons. The molecule has 0 aromatic heterocycles. The molecule has 37 heavy (non-hydrogen) atoms. The van der Waals surface area contributed by atoms with Crippen molar-refractivity contribution < 1.29 is 26.3 Å². The van der Waals surface area contributed by atoms with Crippen LogP contribution < -0.4 is 9.46 Å². The first-order valence-corrected chi connectivity index (χ1v) is 12.9. The second kappa shape index (κ2) is 9.74. The van der Waals surface area contributed by atoms with Crippen molar-refractivity contribution in [1.29, 1.82) is 0 Å². The maximum atomic E-state index is 13.0. The molecule has 0 amide bonds. The van der Waals surface area contributed by atoms with Gasteiger partial charge in [0.15, 0.2) is 0 Å². The van der Waals surface area contributed by atoms with E-state index < -0.39 is 26.7 Å². The van der Waals surface area contributed by atoms with E-state index >= 15 is 0 Å². The maximum Gasteiger partial charge on any atom is 0.416 e. The zero-order valence-corrected chi connectivity index (χ0v) is 20.2. The molecule has 0 spiro atoms. The minimum Gasteiger partial charge on any atom is -0.457 e. The summed E-state index contributed by atoms with van der Waals surface area (Å²) in [7, 11) is -4.21. The van der Waals surface area contributed by atoms with E-state index in [-0.39, 0.29) is 5.69 Å². The van der Waals surface area contributed by atoms with Crippen molar-refractivity contribution >= 4 is 21.4 Å². The average molecular weight is 523 g/mol. The van der Waals surface area contributed by atoms with Gasteiger partial charge >= 0.3 is 6.18 Å². The van der Waals surface area contributed by atoms with Crippen LogP contribution in [0.25, 0.3) is 0 Å². The van der Waals surface area contributed by atoms with Crippen LogP contribution in [-0.2, 0) is 22.6 Å². The van der Waals surface area contributed by atoms with Gasteiger partial charge in [-0.15, -0.1) is 0 Å². The van der Waals surface area contributed by atoms with Crippen LogP contribution in [0, 0.1) is 0 Å². The van der Waals surface area contributed by atoms with Crippen molar-refractivity contribution in [2.45, 2.75) is 17.5 Å². The number of ether oxygens (including phenoxy) is 1. The van der Waals surface area contributed by atoms with Crippen LogP contribution in [0.1, 0.15) is 22.3 Å². The molecule has 5 nitrogen and oxygen atoms in total. The van der Waals surface area contributed by atoms with E-state index in [1.165, 1.54) is 0 Å². The summed E-state index contributed by atoms with van der Waals surface area (Å²) in [5, 5.41) is 0.